The summed E-state index contributed by atoms with van der Waals surface area (Å²) in [5, 5.41) is 16.4. The monoisotopic (exact) mass is 547 g/mol. The van der Waals surface area contributed by atoms with E-state index in [-0.39, 0.29) is 39.5 Å². The van der Waals surface area contributed by atoms with Gasteiger partial charge in [0.15, 0.2) is 5.78 Å². The van der Waals surface area contributed by atoms with Crippen molar-refractivity contribution in [3.63, 3.8) is 0 Å². The summed E-state index contributed by atoms with van der Waals surface area (Å²) in [6, 6.07) is 2.26. The fourth-order valence-corrected chi connectivity index (χ4v) is 11.1. The number of carbonyl (C=O) groups is 2. The largest absolute Gasteiger partial charge is 0.341 e. The van der Waals surface area contributed by atoms with Gasteiger partial charge in [0, 0.05) is 18.0 Å². The van der Waals surface area contributed by atoms with Crippen molar-refractivity contribution in [2.24, 2.45) is 51.2 Å². The molecule has 40 heavy (non-hydrogen) atoms. The van der Waals surface area contributed by atoms with Crippen LogP contribution in [0.1, 0.15) is 113 Å². The number of urea groups is 1. The van der Waals surface area contributed by atoms with Gasteiger partial charge in [-0.05, 0) is 104 Å². The smallest absolute Gasteiger partial charge is 0.314 e. The molecule has 5 heteroatoms. The average molecular weight is 548 g/mol. The van der Waals surface area contributed by atoms with E-state index in [1.165, 1.54) is 0 Å². The van der Waals surface area contributed by atoms with Gasteiger partial charge in [-0.15, -0.1) is 0 Å². The predicted octanol–water partition coefficient (Wildman–Crippen LogP) is 7.73. The molecule has 2 N–H and O–H groups in total. The summed E-state index contributed by atoms with van der Waals surface area (Å²) in [4.78, 5) is 26.2. The van der Waals surface area contributed by atoms with Gasteiger partial charge in [-0.1, -0.05) is 72.6 Å². The summed E-state index contributed by atoms with van der Waals surface area (Å²) in [6.45, 7) is 16.2. The van der Waals surface area contributed by atoms with Gasteiger partial charge in [0.1, 0.15) is 6.07 Å². The zero-order valence-electron chi connectivity index (χ0n) is 26.4. The van der Waals surface area contributed by atoms with E-state index < -0.39 is 5.41 Å². The lowest BCUT2D eigenvalue weighted by Gasteiger charge is -2.69. The highest BCUT2D eigenvalue weighted by atomic mass is 16.2. The molecular formula is C35H53N3O2. The summed E-state index contributed by atoms with van der Waals surface area (Å²) in [7, 11) is 1.73. The van der Waals surface area contributed by atoms with E-state index >= 15 is 0 Å². The molecule has 5 aliphatic carbocycles. The fraction of sp³-hybridized carbons (Fsp3) is 0.800. The third-order valence-corrected chi connectivity index (χ3v) is 13.0. The van der Waals surface area contributed by atoms with Crippen LogP contribution in [0.2, 0.25) is 0 Å². The molecule has 4 fully saturated rings. The zero-order chi connectivity index (χ0) is 29.3. The molecule has 0 heterocycles. The number of ketones is 1. The number of rotatable bonds is 3. The molecule has 5 aliphatic rings. The third-order valence-electron chi connectivity index (χ3n) is 13.0. The standard InChI is InChI=1S/C35H53N3O2/c1-9-10-11-22-18-27-33(6,14-13-26-32(4,5)29(39)23(21-36)19-34(26,27)7)24-12-15-35(38-30(40)37-8)17-16-31(2,3)20-25(35)28(22)24/h11,19,24-28H,9-10,12-18,20H2,1-8H3,(H2,37,38,40)/b22-11+. The van der Waals surface area contributed by atoms with Crippen molar-refractivity contribution in [1.29, 1.82) is 5.26 Å². The van der Waals surface area contributed by atoms with Crippen LogP contribution in [-0.4, -0.2) is 24.4 Å². The second-order valence-corrected chi connectivity index (χ2v) is 16.0. The Balaban J connectivity index is 1.64. The Bertz CT molecular complexity index is 1170. The van der Waals surface area contributed by atoms with Crippen LogP contribution in [0.5, 0.6) is 0 Å². The average Bonchev–Trinajstić information content (AvgIpc) is 2.89. The van der Waals surface area contributed by atoms with Gasteiger partial charge in [-0.3, -0.25) is 4.79 Å². The lowest BCUT2D eigenvalue weighted by atomic mass is 9.36. The minimum absolute atomic E-state index is 0.0312. The van der Waals surface area contributed by atoms with Crippen LogP contribution in [0.3, 0.4) is 0 Å². The first-order valence-electron chi connectivity index (χ1n) is 16.1. The molecule has 0 aromatic rings. The first-order valence-corrected chi connectivity index (χ1v) is 16.1. The topological polar surface area (TPSA) is 82.0 Å². The zero-order valence-corrected chi connectivity index (χ0v) is 26.4. The number of amides is 2. The molecule has 0 spiro atoms. The van der Waals surface area contributed by atoms with Crippen LogP contribution >= 0.6 is 0 Å². The number of hydrogen-bond acceptors (Lipinski definition) is 3. The molecule has 8 atom stereocenters. The molecule has 8 unspecified atom stereocenters. The number of hydrogen-bond donors (Lipinski definition) is 2. The van der Waals surface area contributed by atoms with Crippen LogP contribution in [0, 0.1) is 62.6 Å². The molecule has 5 nitrogen and oxygen atoms in total. The molecule has 0 aromatic heterocycles. The van der Waals surface area contributed by atoms with Crippen molar-refractivity contribution in [1.82, 2.24) is 10.6 Å². The quantitative estimate of drug-likeness (QED) is 0.355. The number of nitrogens with zero attached hydrogens (tertiary/aromatic N) is 1. The third kappa shape index (κ3) is 4.21. The Hall–Kier alpha value is -2.09. The number of Topliss-reactive ketones (excluding diaryl/α,β-unsaturated/α-hetero) is 1. The Morgan fingerprint density at radius 2 is 1.77 bits per heavy atom. The summed E-state index contributed by atoms with van der Waals surface area (Å²) >= 11 is 0. The van der Waals surface area contributed by atoms with E-state index in [1.807, 2.05) is 0 Å². The second-order valence-electron chi connectivity index (χ2n) is 16.0. The van der Waals surface area contributed by atoms with Gasteiger partial charge in [0.2, 0.25) is 0 Å². The predicted molar refractivity (Wildman–Crippen MR) is 160 cm³/mol. The van der Waals surface area contributed by atoms with Gasteiger partial charge in [0.05, 0.1) is 5.57 Å². The molecule has 5 rings (SSSR count). The fourth-order valence-electron chi connectivity index (χ4n) is 11.1. The van der Waals surface area contributed by atoms with E-state index in [0.717, 1.165) is 64.2 Å². The van der Waals surface area contributed by atoms with Gasteiger partial charge in [-0.25, -0.2) is 4.79 Å². The summed E-state index contributed by atoms with van der Waals surface area (Å²) < 4.78 is 0. The van der Waals surface area contributed by atoms with Crippen LogP contribution in [0.25, 0.3) is 0 Å². The van der Waals surface area contributed by atoms with Crippen LogP contribution in [0.4, 0.5) is 4.79 Å². The van der Waals surface area contributed by atoms with Crippen molar-refractivity contribution in [3.05, 3.63) is 23.3 Å². The number of nitrogens with one attached hydrogen (secondary N) is 2. The van der Waals surface area contributed by atoms with Crippen molar-refractivity contribution < 1.29 is 9.59 Å². The van der Waals surface area contributed by atoms with Crippen LogP contribution < -0.4 is 10.6 Å². The molecule has 0 aromatic carbocycles. The van der Waals surface area contributed by atoms with E-state index in [1.54, 1.807) is 12.6 Å². The molecule has 0 radical (unpaired) electrons. The molecule has 0 saturated heterocycles. The summed E-state index contributed by atoms with van der Waals surface area (Å²) in [5.74, 6) is 2.12. The number of carbonyl (C=O) groups excluding carboxylic acids is 2. The van der Waals surface area contributed by atoms with Crippen LogP contribution in [0.15, 0.2) is 23.3 Å². The molecule has 4 saturated carbocycles. The highest BCUT2D eigenvalue weighted by molar-refractivity contribution is 6.04. The highest BCUT2D eigenvalue weighted by Gasteiger charge is 2.67. The Morgan fingerprint density at radius 3 is 2.42 bits per heavy atom. The maximum atomic E-state index is 13.4. The Kier molecular flexibility index (Phi) is 7.16. The van der Waals surface area contributed by atoms with Crippen molar-refractivity contribution in [3.8, 4) is 6.07 Å². The maximum absolute atomic E-state index is 13.4. The van der Waals surface area contributed by atoms with Crippen molar-refractivity contribution in [2.45, 2.75) is 118 Å². The molecule has 220 valence electrons. The van der Waals surface area contributed by atoms with E-state index in [2.05, 4.69) is 77.3 Å². The molecule has 2 amide bonds. The molecular weight excluding hydrogens is 494 g/mol. The highest BCUT2D eigenvalue weighted by Crippen LogP contribution is 2.72. The van der Waals surface area contributed by atoms with Gasteiger partial charge in [0.25, 0.3) is 0 Å². The summed E-state index contributed by atoms with van der Waals surface area (Å²) in [6.07, 6.45) is 15.6. The lowest BCUT2D eigenvalue weighted by molar-refractivity contribution is -0.164. The van der Waals surface area contributed by atoms with Gasteiger partial charge in [-0.2, -0.15) is 5.26 Å². The number of allylic oxidation sites excluding steroid dienone is 4. The minimum atomic E-state index is -0.521. The van der Waals surface area contributed by atoms with E-state index in [9.17, 15) is 14.9 Å². The van der Waals surface area contributed by atoms with E-state index in [0.29, 0.717) is 29.2 Å². The van der Waals surface area contributed by atoms with Crippen LogP contribution in [-0.2, 0) is 4.79 Å². The molecule has 0 bridgehead atoms. The first kappa shape index (κ1) is 29.4. The van der Waals surface area contributed by atoms with Gasteiger partial charge >= 0.3 is 6.03 Å². The van der Waals surface area contributed by atoms with Crippen molar-refractivity contribution >= 4 is 11.8 Å². The van der Waals surface area contributed by atoms with Crippen molar-refractivity contribution in [2.75, 3.05) is 7.05 Å². The lowest BCUT2D eigenvalue weighted by Crippen LogP contribution is -2.68. The van der Waals surface area contributed by atoms with E-state index in [4.69, 9.17) is 0 Å². The minimum Gasteiger partial charge on any atom is -0.341 e. The number of nitriles is 1. The summed E-state index contributed by atoms with van der Waals surface area (Å²) in [5.41, 5.74) is 1.51. The number of unbranched alkanes of at least 4 members (excludes halogenated alkanes) is 1. The molecule has 0 aliphatic heterocycles. The first-order chi connectivity index (χ1) is 18.7. The Morgan fingerprint density at radius 1 is 1.05 bits per heavy atom. The second kappa shape index (κ2) is 9.74. The normalized spacial score (nSPS) is 44.2. The maximum Gasteiger partial charge on any atom is 0.314 e. The SMILES string of the molecule is CCC/C=C1\CC2C3(C)C=C(C#N)C(=O)C(C)(C)C3CCC2(C)C2CCC3(NC(=O)NC)CCC(C)(C)CC3C12. The van der Waals surface area contributed by atoms with Gasteiger partial charge < -0.3 is 10.6 Å². The Labute approximate surface area is 243 Å². The number of fused-ring (bicyclic) bond motifs is 7.